The van der Waals surface area contributed by atoms with Crippen LogP contribution in [0.3, 0.4) is 0 Å². The predicted octanol–water partition coefficient (Wildman–Crippen LogP) is 3.19. The Morgan fingerprint density at radius 2 is 1.78 bits per heavy atom. The molecule has 116 valence electrons. The first-order chi connectivity index (χ1) is 11.0. The summed E-state index contributed by atoms with van der Waals surface area (Å²) in [5.41, 5.74) is 4.58. The SMILES string of the molecule is Cc1cc(C)cc(N2C(=O)CS[C@@]23C(=O)Nc2ccccc23)c1. The lowest BCUT2D eigenvalue weighted by atomic mass is 10.0. The van der Waals surface area contributed by atoms with E-state index in [2.05, 4.69) is 11.4 Å². The summed E-state index contributed by atoms with van der Waals surface area (Å²) in [6.45, 7) is 4.00. The van der Waals surface area contributed by atoms with Crippen LogP contribution < -0.4 is 10.2 Å². The first kappa shape index (κ1) is 14.3. The summed E-state index contributed by atoms with van der Waals surface area (Å²) in [5, 5.41) is 2.93. The molecule has 1 fully saturated rings. The van der Waals surface area contributed by atoms with Gasteiger partial charge < -0.3 is 5.32 Å². The van der Waals surface area contributed by atoms with Crippen molar-refractivity contribution < 1.29 is 9.59 Å². The molecule has 0 saturated carbocycles. The highest BCUT2D eigenvalue weighted by Gasteiger charge is 2.58. The standard InChI is InChI=1S/C18H16N2O2S/c1-11-7-12(2)9-13(8-11)20-16(21)10-23-18(20)14-5-3-4-6-15(14)19-17(18)22/h3-9H,10H2,1-2H3,(H,19,22)/t18-/m0/s1. The molecule has 2 aromatic rings. The van der Waals surface area contributed by atoms with Gasteiger partial charge in [0.1, 0.15) is 0 Å². The third-order valence-electron chi connectivity index (χ3n) is 4.28. The molecular weight excluding hydrogens is 308 g/mol. The number of nitrogens with one attached hydrogen (secondary N) is 1. The van der Waals surface area contributed by atoms with E-state index in [1.807, 2.05) is 50.2 Å². The van der Waals surface area contributed by atoms with Gasteiger partial charge in [-0.15, -0.1) is 11.8 Å². The van der Waals surface area contributed by atoms with E-state index in [1.54, 1.807) is 4.90 Å². The molecule has 1 spiro atoms. The van der Waals surface area contributed by atoms with Gasteiger partial charge in [0, 0.05) is 16.9 Å². The molecule has 0 unspecified atom stereocenters. The average Bonchev–Trinajstić information content (AvgIpc) is 2.98. The Balaban J connectivity index is 1.95. The van der Waals surface area contributed by atoms with Crippen molar-refractivity contribution in [2.45, 2.75) is 18.7 Å². The first-order valence-electron chi connectivity index (χ1n) is 7.48. The summed E-state index contributed by atoms with van der Waals surface area (Å²) in [7, 11) is 0. The molecule has 5 heteroatoms. The maximum absolute atomic E-state index is 12.8. The second kappa shape index (κ2) is 4.86. The number of amides is 2. The molecule has 1 saturated heterocycles. The molecule has 2 amide bonds. The van der Waals surface area contributed by atoms with E-state index < -0.39 is 4.87 Å². The van der Waals surface area contributed by atoms with E-state index in [0.717, 1.165) is 28.1 Å². The Kier molecular flexibility index (Phi) is 3.03. The van der Waals surface area contributed by atoms with Crippen molar-refractivity contribution in [2.24, 2.45) is 0 Å². The summed E-state index contributed by atoms with van der Waals surface area (Å²) < 4.78 is 0. The molecule has 1 N–H and O–H groups in total. The van der Waals surface area contributed by atoms with Gasteiger partial charge in [-0.25, -0.2) is 0 Å². The number of para-hydroxylation sites is 1. The molecule has 0 radical (unpaired) electrons. The van der Waals surface area contributed by atoms with Crippen LogP contribution in [-0.2, 0) is 14.5 Å². The Morgan fingerprint density at radius 3 is 2.52 bits per heavy atom. The van der Waals surface area contributed by atoms with Gasteiger partial charge in [-0.05, 0) is 43.2 Å². The minimum atomic E-state index is -0.992. The Hall–Kier alpha value is -2.27. The van der Waals surface area contributed by atoms with Gasteiger partial charge in [0.05, 0.1) is 5.75 Å². The van der Waals surface area contributed by atoms with Gasteiger partial charge in [-0.1, -0.05) is 24.3 Å². The summed E-state index contributed by atoms with van der Waals surface area (Å²) in [6.07, 6.45) is 0. The first-order valence-corrected chi connectivity index (χ1v) is 8.47. The number of rotatable bonds is 1. The highest BCUT2D eigenvalue weighted by molar-refractivity contribution is 8.02. The molecule has 4 nitrogen and oxygen atoms in total. The van der Waals surface area contributed by atoms with E-state index in [1.165, 1.54) is 11.8 Å². The zero-order valence-corrected chi connectivity index (χ0v) is 13.7. The lowest BCUT2D eigenvalue weighted by molar-refractivity contribution is -0.122. The molecular formula is C18H16N2O2S. The van der Waals surface area contributed by atoms with Crippen LogP contribution in [0.4, 0.5) is 11.4 Å². The Morgan fingerprint density at radius 1 is 1.09 bits per heavy atom. The van der Waals surface area contributed by atoms with Crippen LogP contribution in [0.2, 0.25) is 0 Å². The van der Waals surface area contributed by atoms with Gasteiger partial charge in [0.25, 0.3) is 5.91 Å². The number of anilines is 2. The Bertz CT molecular complexity index is 828. The summed E-state index contributed by atoms with van der Waals surface area (Å²) in [4.78, 5) is 26.1. The number of hydrogen-bond acceptors (Lipinski definition) is 3. The van der Waals surface area contributed by atoms with Crippen molar-refractivity contribution in [1.82, 2.24) is 0 Å². The minimum Gasteiger partial charge on any atom is -0.323 e. The monoisotopic (exact) mass is 324 g/mol. The molecule has 4 rings (SSSR count). The molecule has 1 atom stereocenters. The van der Waals surface area contributed by atoms with Gasteiger partial charge in [0.15, 0.2) is 0 Å². The van der Waals surface area contributed by atoms with Gasteiger partial charge in [-0.2, -0.15) is 0 Å². The van der Waals surface area contributed by atoms with Crippen LogP contribution in [0.25, 0.3) is 0 Å². The minimum absolute atomic E-state index is 0.0353. The third kappa shape index (κ3) is 1.93. The molecule has 23 heavy (non-hydrogen) atoms. The number of benzene rings is 2. The van der Waals surface area contributed by atoms with Crippen LogP contribution in [0, 0.1) is 13.8 Å². The molecule has 2 aliphatic heterocycles. The predicted molar refractivity (Wildman–Crippen MR) is 92.6 cm³/mol. The van der Waals surface area contributed by atoms with Crippen molar-refractivity contribution >= 4 is 35.0 Å². The average molecular weight is 324 g/mol. The molecule has 0 bridgehead atoms. The van der Waals surface area contributed by atoms with E-state index in [9.17, 15) is 9.59 Å². The molecule has 0 aliphatic carbocycles. The second-order valence-electron chi connectivity index (χ2n) is 6.01. The number of carbonyl (C=O) groups excluding carboxylic acids is 2. The fraction of sp³-hybridized carbons (Fsp3) is 0.222. The maximum Gasteiger partial charge on any atom is 0.266 e. The van der Waals surface area contributed by atoms with Crippen molar-refractivity contribution in [3.05, 3.63) is 59.2 Å². The number of thioether (sulfide) groups is 1. The summed E-state index contributed by atoms with van der Waals surface area (Å²) >= 11 is 1.39. The number of fused-ring (bicyclic) bond motifs is 2. The van der Waals surface area contributed by atoms with Crippen LogP contribution in [0.5, 0.6) is 0 Å². The number of hydrogen-bond donors (Lipinski definition) is 1. The third-order valence-corrected chi connectivity index (χ3v) is 5.68. The Labute approximate surface area is 138 Å². The van der Waals surface area contributed by atoms with Gasteiger partial charge in [0.2, 0.25) is 10.8 Å². The lowest BCUT2D eigenvalue weighted by Crippen LogP contribution is -2.47. The fourth-order valence-electron chi connectivity index (χ4n) is 3.46. The number of aryl methyl sites for hydroxylation is 2. The maximum atomic E-state index is 12.8. The summed E-state index contributed by atoms with van der Waals surface area (Å²) in [5.74, 6) is 0.120. The zero-order chi connectivity index (χ0) is 16.2. The lowest BCUT2D eigenvalue weighted by Gasteiger charge is -2.32. The van der Waals surface area contributed by atoms with E-state index in [4.69, 9.17) is 0 Å². The smallest absolute Gasteiger partial charge is 0.266 e. The van der Waals surface area contributed by atoms with Crippen molar-refractivity contribution in [3.63, 3.8) is 0 Å². The number of nitrogens with zero attached hydrogens (tertiary/aromatic N) is 1. The van der Waals surface area contributed by atoms with Crippen LogP contribution in [-0.4, -0.2) is 17.6 Å². The molecule has 2 aromatic carbocycles. The highest BCUT2D eigenvalue weighted by Crippen LogP contribution is 2.53. The quantitative estimate of drug-likeness (QED) is 0.876. The normalized spacial score (nSPS) is 22.6. The van der Waals surface area contributed by atoms with Crippen molar-refractivity contribution in [1.29, 1.82) is 0 Å². The fourth-order valence-corrected chi connectivity index (χ4v) is 4.77. The van der Waals surface area contributed by atoms with Crippen LogP contribution in [0.15, 0.2) is 42.5 Å². The van der Waals surface area contributed by atoms with Crippen LogP contribution in [0.1, 0.15) is 16.7 Å². The van der Waals surface area contributed by atoms with Crippen molar-refractivity contribution in [2.75, 3.05) is 16.0 Å². The van der Waals surface area contributed by atoms with E-state index >= 15 is 0 Å². The second-order valence-corrected chi connectivity index (χ2v) is 7.18. The molecule has 2 heterocycles. The topological polar surface area (TPSA) is 49.4 Å². The molecule has 0 aromatic heterocycles. The molecule has 2 aliphatic rings. The highest BCUT2D eigenvalue weighted by atomic mass is 32.2. The van der Waals surface area contributed by atoms with Crippen molar-refractivity contribution in [3.8, 4) is 0 Å². The van der Waals surface area contributed by atoms with Crippen LogP contribution >= 0.6 is 11.8 Å². The zero-order valence-electron chi connectivity index (χ0n) is 12.9. The largest absolute Gasteiger partial charge is 0.323 e. The van der Waals surface area contributed by atoms with E-state index in [0.29, 0.717) is 5.75 Å². The summed E-state index contributed by atoms with van der Waals surface area (Å²) in [6, 6.07) is 13.6. The number of carbonyl (C=O) groups is 2. The van der Waals surface area contributed by atoms with Gasteiger partial charge in [-0.3, -0.25) is 14.5 Å². The van der Waals surface area contributed by atoms with Gasteiger partial charge >= 0.3 is 0 Å². The van der Waals surface area contributed by atoms with E-state index in [-0.39, 0.29) is 11.8 Å².